The molecule has 0 unspecified atom stereocenters. The van der Waals surface area contributed by atoms with Gasteiger partial charge in [0.05, 0.1) is 19.8 Å². The Morgan fingerprint density at radius 2 is 1.75 bits per heavy atom. The quantitative estimate of drug-likeness (QED) is 0.792. The number of hydrogen-bond donors (Lipinski definition) is 0. The fourth-order valence-electron chi connectivity index (χ4n) is 1.95. The fraction of sp³-hybridized carbons (Fsp3) is 0.188. The molecule has 2 aromatic carbocycles. The number of carbonyl (C=O) groups excluding carboxylic acids is 1. The van der Waals surface area contributed by atoms with Gasteiger partial charge in [0.15, 0.2) is 5.78 Å². The summed E-state index contributed by atoms with van der Waals surface area (Å²) in [7, 11) is 3.13. The zero-order chi connectivity index (χ0) is 14.7. The summed E-state index contributed by atoms with van der Waals surface area (Å²) in [5.74, 6) is 1.11. The molecular weight excluding hydrogens is 320 g/mol. The van der Waals surface area contributed by atoms with Gasteiger partial charge in [-0.15, -0.1) is 0 Å². The van der Waals surface area contributed by atoms with Gasteiger partial charge in [0.1, 0.15) is 11.5 Å². The lowest BCUT2D eigenvalue weighted by Gasteiger charge is -2.11. The summed E-state index contributed by atoms with van der Waals surface area (Å²) in [5.41, 5.74) is 2.10. The van der Waals surface area contributed by atoms with E-state index in [1.807, 2.05) is 19.1 Å². The van der Waals surface area contributed by atoms with Crippen molar-refractivity contribution in [1.29, 1.82) is 0 Å². The minimum atomic E-state index is -0.101. The summed E-state index contributed by atoms with van der Waals surface area (Å²) < 4.78 is 11.2. The van der Waals surface area contributed by atoms with E-state index in [1.54, 1.807) is 38.5 Å². The van der Waals surface area contributed by atoms with Crippen molar-refractivity contribution in [3.05, 3.63) is 57.6 Å². The second kappa shape index (κ2) is 6.09. The molecule has 0 bridgehead atoms. The van der Waals surface area contributed by atoms with Gasteiger partial charge in [0.2, 0.25) is 0 Å². The third-order valence-electron chi connectivity index (χ3n) is 3.02. The Labute approximate surface area is 126 Å². The minimum Gasteiger partial charge on any atom is -0.497 e. The van der Waals surface area contributed by atoms with Crippen molar-refractivity contribution in [2.24, 2.45) is 0 Å². The standard InChI is InChI=1S/C16H15BrO3/c1-10-4-7-15(20-3)13(8-10)16(18)12-9-11(19-2)5-6-14(12)17/h4-9H,1-3H3. The molecule has 3 nitrogen and oxygen atoms in total. The number of rotatable bonds is 4. The zero-order valence-corrected chi connectivity index (χ0v) is 13.2. The molecule has 4 heteroatoms. The predicted octanol–water partition coefficient (Wildman–Crippen LogP) is 4.01. The molecule has 20 heavy (non-hydrogen) atoms. The number of carbonyl (C=O) groups is 1. The molecule has 0 radical (unpaired) electrons. The maximum Gasteiger partial charge on any atom is 0.198 e. The second-order valence-corrected chi connectivity index (χ2v) is 5.23. The van der Waals surface area contributed by atoms with Gasteiger partial charge >= 0.3 is 0 Å². The van der Waals surface area contributed by atoms with E-state index in [2.05, 4.69) is 15.9 Å². The molecule has 104 valence electrons. The van der Waals surface area contributed by atoms with E-state index in [1.165, 1.54) is 0 Å². The molecule has 0 aliphatic carbocycles. The van der Waals surface area contributed by atoms with Crippen LogP contribution in [0.4, 0.5) is 0 Å². The summed E-state index contributed by atoms with van der Waals surface area (Å²) in [4.78, 5) is 12.7. The second-order valence-electron chi connectivity index (χ2n) is 4.38. The number of benzene rings is 2. The van der Waals surface area contributed by atoms with Crippen molar-refractivity contribution in [3.63, 3.8) is 0 Å². The molecule has 0 saturated heterocycles. The van der Waals surface area contributed by atoms with Gasteiger partial charge in [-0.25, -0.2) is 0 Å². The van der Waals surface area contributed by atoms with Crippen LogP contribution in [0.3, 0.4) is 0 Å². The van der Waals surface area contributed by atoms with Crippen molar-refractivity contribution in [2.45, 2.75) is 6.92 Å². The first-order chi connectivity index (χ1) is 9.56. The fourth-order valence-corrected chi connectivity index (χ4v) is 2.38. The highest BCUT2D eigenvalue weighted by Gasteiger charge is 2.18. The lowest BCUT2D eigenvalue weighted by atomic mass is 10.0. The topological polar surface area (TPSA) is 35.5 Å². The Balaban J connectivity index is 2.53. The lowest BCUT2D eigenvalue weighted by molar-refractivity contribution is 0.103. The molecule has 0 N–H and O–H groups in total. The molecule has 0 spiro atoms. The first-order valence-electron chi connectivity index (χ1n) is 6.09. The lowest BCUT2D eigenvalue weighted by Crippen LogP contribution is -2.05. The Morgan fingerprint density at radius 1 is 1.00 bits per heavy atom. The van der Waals surface area contributed by atoms with Crippen LogP contribution in [0.2, 0.25) is 0 Å². The molecule has 0 aliphatic heterocycles. The first-order valence-corrected chi connectivity index (χ1v) is 6.89. The van der Waals surface area contributed by atoms with Crippen LogP contribution in [0.25, 0.3) is 0 Å². The van der Waals surface area contributed by atoms with E-state index < -0.39 is 0 Å². The van der Waals surface area contributed by atoms with E-state index in [0.717, 1.165) is 10.0 Å². The van der Waals surface area contributed by atoms with Crippen molar-refractivity contribution >= 4 is 21.7 Å². The maximum absolute atomic E-state index is 12.7. The molecule has 0 aromatic heterocycles. The Kier molecular flexibility index (Phi) is 4.45. The number of aryl methyl sites for hydroxylation is 1. The molecule has 0 saturated carbocycles. The summed E-state index contributed by atoms with van der Waals surface area (Å²) in [6.45, 7) is 1.94. The summed E-state index contributed by atoms with van der Waals surface area (Å²) in [5, 5.41) is 0. The molecule has 0 heterocycles. The highest BCUT2D eigenvalue weighted by molar-refractivity contribution is 9.10. The van der Waals surface area contributed by atoms with E-state index >= 15 is 0 Å². The van der Waals surface area contributed by atoms with Crippen molar-refractivity contribution < 1.29 is 14.3 Å². The third-order valence-corrected chi connectivity index (χ3v) is 3.71. The van der Waals surface area contributed by atoms with Crippen LogP contribution in [0, 0.1) is 6.92 Å². The number of methoxy groups -OCH3 is 2. The van der Waals surface area contributed by atoms with Gasteiger partial charge in [-0.2, -0.15) is 0 Å². The predicted molar refractivity (Wildman–Crippen MR) is 81.9 cm³/mol. The molecule has 0 atom stereocenters. The van der Waals surface area contributed by atoms with Gasteiger partial charge in [-0.05, 0) is 37.3 Å². The Bertz CT molecular complexity index is 650. The number of ether oxygens (including phenoxy) is 2. The minimum absolute atomic E-state index is 0.101. The van der Waals surface area contributed by atoms with E-state index in [4.69, 9.17) is 9.47 Å². The van der Waals surface area contributed by atoms with Crippen LogP contribution < -0.4 is 9.47 Å². The van der Waals surface area contributed by atoms with Crippen LogP contribution in [0.15, 0.2) is 40.9 Å². The van der Waals surface area contributed by atoms with Crippen molar-refractivity contribution in [1.82, 2.24) is 0 Å². The van der Waals surface area contributed by atoms with Gasteiger partial charge in [-0.1, -0.05) is 27.6 Å². The van der Waals surface area contributed by atoms with Gasteiger partial charge in [0.25, 0.3) is 0 Å². The van der Waals surface area contributed by atoms with Gasteiger partial charge in [-0.3, -0.25) is 4.79 Å². The summed E-state index contributed by atoms with van der Waals surface area (Å²) in [6.07, 6.45) is 0. The SMILES string of the molecule is COc1ccc(Br)c(C(=O)c2cc(C)ccc2OC)c1. The normalized spacial score (nSPS) is 10.2. The van der Waals surface area contributed by atoms with Crippen LogP contribution >= 0.6 is 15.9 Å². The van der Waals surface area contributed by atoms with Gasteiger partial charge < -0.3 is 9.47 Å². The van der Waals surface area contributed by atoms with Crippen LogP contribution in [-0.4, -0.2) is 20.0 Å². The monoisotopic (exact) mass is 334 g/mol. The maximum atomic E-state index is 12.7. The van der Waals surface area contributed by atoms with E-state index in [0.29, 0.717) is 22.6 Å². The summed E-state index contributed by atoms with van der Waals surface area (Å²) in [6, 6.07) is 10.9. The molecule has 0 amide bonds. The molecule has 0 aliphatic rings. The molecule has 2 rings (SSSR count). The van der Waals surface area contributed by atoms with Crippen LogP contribution in [0.1, 0.15) is 21.5 Å². The molecular formula is C16H15BrO3. The Hall–Kier alpha value is -1.81. The average Bonchev–Trinajstić information content (AvgIpc) is 2.47. The average molecular weight is 335 g/mol. The van der Waals surface area contributed by atoms with Crippen LogP contribution in [-0.2, 0) is 0 Å². The van der Waals surface area contributed by atoms with Gasteiger partial charge in [0, 0.05) is 10.0 Å². The molecule has 0 fully saturated rings. The van der Waals surface area contributed by atoms with Crippen molar-refractivity contribution in [3.8, 4) is 11.5 Å². The highest BCUT2D eigenvalue weighted by Crippen LogP contribution is 2.28. The van der Waals surface area contributed by atoms with Crippen molar-refractivity contribution in [2.75, 3.05) is 14.2 Å². The third kappa shape index (κ3) is 2.85. The highest BCUT2D eigenvalue weighted by atomic mass is 79.9. The van der Waals surface area contributed by atoms with E-state index in [9.17, 15) is 4.79 Å². The molecule has 2 aromatic rings. The Morgan fingerprint density at radius 3 is 2.40 bits per heavy atom. The number of hydrogen-bond acceptors (Lipinski definition) is 3. The number of ketones is 1. The zero-order valence-electron chi connectivity index (χ0n) is 11.6. The summed E-state index contributed by atoms with van der Waals surface area (Å²) >= 11 is 3.41. The smallest absolute Gasteiger partial charge is 0.198 e. The van der Waals surface area contributed by atoms with E-state index in [-0.39, 0.29) is 5.78 Å². The first kappa shape index (κ1) is 14.6. The number of halogens is 1. The largest absolute Gasteiger partial charge is 0.497 e. The van der Waals surface area contributed by atoms with Crippen LogP contribution in [0.5, 0.6) is 11.5 Å².